The Morgan fingerprint density at radius 1 is 1.07 bits per heavy atom. The second kappa shape index (κ2) is 7.29. The van der Waals surface area contributed by atoms with Crippen LogP contribution >= 0.6 is 0 Å². The molecule has 7 nitrogen and oxygen atoms in total. The summed E-state index contributed by atoms with van der Waals surface area (Å²) in [4.78, 5) is 13.4. The lowest BCUT2D eigenvalue weighted by atomic mass is 9.78. The number of nitrogens with zero attached hydrogens (tertiary/aromatic N) is 2. The van der Waals surface area contributed by atoms with Crippen molar-refractivity contribution in [3.05, 3.63) is 76.7 Å². The molecule has 30 heavy (non-hydrogen) atoms. The average Bonchev–Trinajstić information content (AvgIpc) is 3.13. The SMILES string of the molecule is COc1ccccc1[C@H]1Nc2nonc2NC2=C1C(=O)C[C@H](c1ccc(F)cc1)C2. The highest BCUT2D eigenvalue weighted by atomic mass is 19.1. The van der Waals surface area contributed by atoms with Crippen LogP contribution in [0.15, 0.2) is 64.4 Å². The number of rotatable bonds is 3. The van der Waals surface area contributed by atoms with E-state index in [9.17, 15) is 9.18 Å². The summed E-state index contributed by atoms with van der Waals surface area (Å²) in [5.74, 6) is 1.15. The molecule has 2 atom stereocenters. The number of hydrogen-bond acceptors (Lipinski definition) is 7. The molecule has 0 radical (unpaired) electrons. The second-order valence-corrected chi connectivity index (χ2v) is 7.38. The number of anilines is 2. The molecule has 8 heteroatoms. The van der Waals surface area contributed by atoms with Gasteiger partial charge >= 0.3 is 0 Å². The number of para-hydroxylation sites is 1. The van der Waals surface area contributed by atoms with Gasteiger partial charge in [0.15, 0.2) is 5.78 Å². The lowest BCUT2D eigenvalue weighted by molar-refractivity contribution is -0.116. The molecule has 0 unspecified atom stereocenters. The van der Waals surface area contributed by atoms with E-state index in [-0.39, 0.29) is 17.5 Å². The second-order valence-electron chi connectivity index (χ2n) is 7.38. The fraction of sp³-hybridized carbons (Fsp3) is 0.227. The number of ketones is 1. The number of carbonyl (C=O) groups excluding carboxylic acids is 1. The Morgan fingerprint density at radius 2 is 1.83 bits per heavy atom. The zero-order chi connectivity index (χ0) is 20.7. The van der Waals surface area contributed by atoms with Crippen molar-refractivity contribution in [3.8, 4) is 5.75 Å². The lowest BCUT2D eigenvalue weighted by Crippen LogP contribution is -2.27. The Kier molecular flexibility index (Phi) is 4.46. The molecule has 0 amide bonds. The van der Waals surface area contributed by atoms with E-state index in [1.807, 2.05) is 24.3 Å². The van der Waals surface area contributed by atoms with E-state index in [4.69, 9.17) is 9.37 Å². The highest BCUT2D eigenvalue weighted by molar-refractivity contribution is 6.01. The summed E-state index contributed by atoms with van der Waals surface area (Å²) in [5, 5.41) is 14.4. The van der Waals surface area contributed by atoms with Crippen LogP contribution in [0.3, 0.4) is 0 Å². The van der Waals surface area contributed by atoms with E-state index in [1.54, 1.807) is 19.2 Å². The summed E-state index contributed by atoms with van der Waals surface area (Å²) in [6.07, 6.45) is 0.904. The summed E-state index contributed by atoms with van der Waals surface area (Å²) in [6.45, 7) is 0. The highest BCUT2D eigenvalue weighted by Gasteiger charge is 2.38. The molecule has 0 saturated heterocycles. The van der Waals surface area contributed by atoms with Crippen LogP contribution in [0.1, 0.15) is 35.9 Å². The molecule has 2 N–H and O–H groups in total. The van der Waals surface area contributed by atoms with Crippen LogP contribution in [0.4, 0.5) is 16.0 Å². The zero-order valence-corrected chi connectivity index (χ0v) is 16.2. The number of carbonyl (C=O) groups is 1. The number of hydrogen-bond donors (Lipinski definition) is 2. The van der Waals surface area contributed by atoms with Crippen molar-refractivity contribution in [2.24, 2.45) is 0 Å². The van der Waals surface area contributed by atoms with Gasteiger partial charge in [-0.25, -0.2) is 9.02 Å². The first kappa shape index (κ1) is 18.4. The van der Waals surface area contributed by atoms with Crippen LogP contribution in [0.5, 0.6) is 5.75 Å². The third-order valence-corrected chi connectivity index (χ3v) is 5.63. The molecule has 2 heterocycles. The van der Waals surface area contributed by atoms with E-state index in [1.165, 1.54) is 12.1 Å². The van der Waals surface area contributed by atoms with Gasteiger partial charge in [0.2, 0.25) is 11.6 Å². The van der Waals surface area contributed by atoms with Gasteiger partial charge in [-0.1, -0.05) is 30.3 Å². The van der Waals surface area contributed by atoms with Crippen LogP contribution < -0.4 is 15.4 Å². The third kappa shape index (κ3) is 3.10. The first-order chi connectivity index (χ1) is 14.6. The summed E-state index contributed by atoms with van der Waals surface area (Å²) >= 11 is 0. The fourth-order valence-electron chi connectivity index (χ4n) is 4.21. The van der Waals surface area contributed by atoms with Gasteiger partial charge in [-0.15, -0.1) is 0 Å². The lowest BCUT2D eigenvalue weighted by Gasteiger charge is -2.30. The molecule has 2 aromatic carbocycles. The van der Waals surface area contributed by atoms with Crippen molar-refractivity contribution in [2.75, 3.05) is 17.7 Å². The van der Waals surface area contributed by atoms with Crippen molar-refractivity contribution in [1.82, 2.24) is 10.3 Å². The number of methoxy groups -OCH3 is 1. The number of halogens is 1. The van der Waals surface area contributed by atoms with Gasteiger partial charge in [0, 0.05) is 23.3 Å². The predicted octanol–water partition coefficient (Wildman–Crippen LogP) is 4.20. The van der Waals surface area contributed by atoms with Crippen LogP contribution in [0, 0.1) is 5.82 Å². The molecule has 1 aromatic heterocycles. The minimum absolute atomic E-state index is 0.00331. The van der Waals surface area contributed by atoms with Crippen molar-refractivity contribution in [3.63, 3.8) is 0 Å². The summed E-state index contributed by atoms with van der Waals surface area (Å²) in [7, 11) is 1.60. The highest BCUT2D eigenvalue weighted by Crippen LogP contribution is 2.44. The third-order valence-electron chi connectivity index (χ3n) is 5.63. The number of fused-ring (bicyclic) bond motifs is 1. The van der Waals surface area contributed by atoms with E-state index < -0.39 is 6.04 Å². The fourth-order valence-corrected chi connectivity index (χ4v) is 4.21. The van der Waals surface area contributed by atoms with E-state index in [0.29, 0.717) is 35.8 Å². The van der Waals surface area contributed by atoms with Crippen LogP contribution in [0.25, 0.3) is 0 Å². The van der Waals surface area contributed by atoms with Gasteiger partial charge in [0.05, 0.1) is 13.2 Å². The minimum atomic E-state index is -0.474. The van der Waals surface area contributed by atoms with Crippen LogP contribution in [-0.4, -0.2) is 23.2 Å². The van der Waals surface area contributed by atoms with Gasteiger partial charge in [-0.05, 0) is 46.4 Å². The maximum atomic E-state index is 13.4. The van der Waals surface area contributed by atoms with Gasteiger partial charge < -0.3 is 15.4 Å². The van der Waals surface area contributed by atoms with Crippen molar-refractivity contribution >= 4 is 17.4 Å². The number of benzene rings is 2. The molecule has 5 rings (SSSR count). The average molecular weight is 406 g/mol. The molecule has 1 aliphatic heterocycles. The topological polar surface area (TPSA) is 89.3 Å². The first-order valence-corrected chi connectivity index (χ1v) is 9.64. The van der Waals surface area contributed by atoms with Crippen molar-refractivity contribution in [1.29, 1.82) is 0 Å². The van der Waals surface area contributed by atoms with Gasteiger partial charge in [-0.3, -0.25) is 4.79 Å². The van der Waals surface area contributed by atoms with Gasteiger partial charge in [0.1, 0.15) is 11.6 Å². The largest absolute Gasteiger partial charge is 0.496 e. The first-order valence-electron chi connectivity index (χ1n) is 9.64. The number of ether oxygens (including phenoxy) is 1. The van der Waals surface area contributed by atoms with Crippen molar-refractivity contribution in [2.45, 2.75) is 24.8 Å². The monoisotopic (exact) mass is 406 g/mol. The van der Waals surface area contributed by atoms with E-state index in [2.05, 4.69) is 20.9 Å². The number of aromatic nitrogens is 2. The molecule has 1 aliphatic carbocycles. The smallest absolute Gasteiger partial charge is 0.219 e. The molecular weight excluding hydrogens is 387 g/mol. The molecule has 2 aliphatic rings. The maximum absolute atomic E-state index is 13.4. The van der Waals surface area contributed by atoms with E-state index in [0.717, 1.165) is 16.8 Å². The van der Waals surface area contributed by atoms with Gasteiger partial charge in [0.25, 0.3) is 0 Å². The Morgan fingerprint density at radius 3 is 2.63 bits per heavy atom. The molecule has 3 aromatic rings. The Bertz CT molecular complexity index is 1140. The number of Topliss-reactive ketones (excluding diaryl/α,β-unsaturated/α-hetero) is 1. The predicted molar refractivity (Wildman–Crippen MR) is 108 cm³/mol. The summed E-state index contributed by atoms with van der Waals surface area (Å²) < 4.78 is 23.8. The van der Waals surface area contributed by atoms with Crippen molar-refractivity contribution < 1.29 is 18.6 Å². The number of nitrogens with one attached hydrogen (secondary N) is 2. The Hall–Kier alpha value is -3.68. The summed E-state index contributed by atoms with van der Waals surface area (Å²) in [5.41, 5.74) is 3.11. The molecule has 0 fully saturated rings. The Labute approximate surface area is 171 Å². The molecule has 0 bridgehead atoms. The molecule has 152 valence electrons. The molecule has 0 spiro atoms. The van der Waals surface area contributed by atoms with E-state index >= 15 is 0 Å². The quantitative estimate of drug-likeness (QED) is 0.674. The minimum Gasteiger partial charge on any atom is -0.496 e. The molecule has 0 saturated carbocycles. The Balaban J connectivity index is 1.61. The summed E-state index contributed by atoms with van der Waals surface area (Å²) in [6, 6.07) is 13.4. The standard InChI is InChI=1S/C22H19FN4O3/c1-29-18-5-3-2-4-15(18)20-19-16(24-21-22(25-20)27-30-26-21)10-13(11-17(19)28)12-6-8-14(23)9-7-12/h2-9,13,20H,10-11H2,1H3,(H,24,26)(H,25,27)/t13-,20-/m1/s1. The number of allylic oxidation sites excluding steroid dienone is 1. The zero-order valence-electron chi connectivity index (χ0n) is 16.2. The van der Waals surface area contributed by atoms with Gasteiger partial charge in [-0.2, -0.15) is 0 Å². The normalized spacial score (nSPS) is 20.5. The maximum Gasteiger partial charge on any atom is 0.219 e. The van der Waals surface area contributed by atoms with Crippen LogP contribution in [0.2, 0.25) is 0 Å². The molecular formula is C22H19FN4O3. The van der Waals surface area contributed by atoms with Crippen LogP contribution in [-0.2, 0) is 4.79 Å².